The van der Waals surface area contributed by atoms with Gasteiger partial charge in [0.1, 0.15) is 11.4 Å². The van der Waals surface area contributed by atoms with E-state index in [0.717, 1.165) is 79.8 Å². The van der Waals surface area contributed by atoms with Crippen LogP contribution in [0.2, 0.25) is 0 Å². The van der Waals surface area contributed by atoms with Gasteiger partial charge in [-0.1, -0.05) is 0 Å². The van der Waals surface area contributed by atoms with Crippen LogP contribution in [-0.2, 0) is 11.2 Å². The SMILES string of the molecule is CC(C)(C)OC(=O)N[C@@H]1[C@@H]2C[C@H]2CC12CCN(c1cnc3c(N4CCCc5ncccc54)n[nH]c3n1)CC2. The number of piperidine rings is 1. The van der Waals surface area contributed by atoms with Crippen LogP contribution in [0.25, 0.3) is 11.2 Å². The fourth-order valence-electron chi connectivity index (χ4n) is 7.14. The Bertz CT molecular complexity index is 1370. The van der Waals surface area contributed by atoms with Crippen LogP contribution in [0.15, 0.2) is 24.5 Å². The van der Waals surface area contributed by atoms with Crippen molar-refractivity contribution in [3.8, 4) is 0 Å². The van der Waals surface area contributed by atoms with Crippen molar-refractivity contribution in [3.63, 3.8) is 0 Å². The molecule has 1 saturated heterocycles. The highest BCUT2D eigenvalue weighted by Gasteiger charge is 2.62. The number of aromatic amines is 1. The Labute approximate surface area is 222 Å². The van der Waals surface area contributed by atoms with Gasteiger partial charge in [0.05, 0.1) is 17.6 Å². The zero-order valence-corrected chi connectivity index (χ0v) is 22.4. The molecule has 5 heterocycles. The molecule has 3 atom stereocenters. The lowest BCUT2D eigenvalue weighted by Crippen LogP contribution is -2.53. The molecular weight excluding hydrogens is 480 g/mol. The van der Waals surface area contributed by atoms with Gasteiger partial charge in [0.2, 0.25) is 0 Å². The van der Waals surface area contributed by atoms with Crippen molar-refractivity contribution < 1.29 is 9.53 Å². The Hall–Kier alpha value is -3.43. The molecule has 10 heteroatoms. The molecule has 10 nitrogen and oxygen atoms in total. The summed E-state index contributed by atoms with van der Waals surface area (Å²) in [6.45, 7) is 8.43. The van der Waals surface area contributed by atoms with E-state index < -0.39 is 5.60 Å². The van der Waals surface area contributed by atoms with E-state index >= 15 is 0 Å². The van der Waals surface area contributed by atoms with Gasteiger partial charge >= 0.3 is 6.09 Å². The topological polar surface area (TPSA) is 112 Å². The van der Waals surface area contributed by atoms with Gasteiger partial charge in [0.25, 0.3) is 0 Å². The molecule has 2 aliphatic carbocycles. The fourth-order valence-corrected chi connectivity index (χ4v) is 7.14. The van der Waals surface area contributed by atoms with Gasteiger partial charge in [-0.15, -0.1) is 0 Å². The van der Waals surface area contributed by atoms with E-state index in [1.165, 1.54) is 12.8 Å². The maximum atomic E-state index is 12.6. The Balaban J connectivity index is 1.07. The first kappa shape index (κ1) is 23.7. The van der Waals surface area contributed by atoms with E-state index in [1.807, 2.05) is 39.2 Å². The van der Waals surface area contributed by atoms with Crippen LogP contribution in [0.3, 0.4) is 0 Å². The van der Waals surface area contributed by atoms with Crippen molar-refractivity contribution >= 4 is 34.6 Å². The van der Waals surface area contributed by atoms with Gasteiger partial charge in [-0.3, -0.25) is 10.1 Å². The van der Waals surface area contributed by atoms with Crippen LogP contribution in [-0.4, -0.2) is 62.5 Å². The molecule has 1 amide bonds. The van der Waals surface area contributed by atoms with Crippen LogP contribution in [0.1, 0.15) is 58.6 Å². The number of ether oxygens (including phenoxy) is 1. The molecule has 2 aliphatic heterocycles. The molecule has 1 spiro atoms. The molecule has 0 bridgehead atoms. The number of fused-ring (bicyclic) bond motifs is 3. The molecule has 38 heavy (non-hydrogen) atoms. The van der Waals surface area contributed by atoms with Crippen molar-refractivity contribution in [2.75, 3.05) is 29.4 Å². The smallest absolute Gasteiger partial charge is 0.407 e. The number of anilines is 3. The summed E-state index contributed by atoms with van der Waals surface area (Å²) in [7, 11) is 0. The number of hydrogen-bond donors (Lipinski definition) is 2. The van der Waals surface area contributed by atoms with Crippen LogP contribution >= 0.6 is 0 Å². The number of carbonyl (C=O) groups excluding carboxylic acids is 1. The van der Waals surface area contributed by atoms with Gasteiger partial charge < -0.3 is 19.9 Å². The quantitative estimate of drug-likeness (QED) is 0.528. The van der Waals surface area contributed by atoms with Crippen LogP contribution < -0.4 is 15.1 Å². The largest absolute Gasteiger partial charge is 0.444 e. The number of amides is 1. The second-order valence-corrected chi connectivity index (χ2v) is 12.5. The summed E-state index contributed by atoms with van der Waals surface area (Å²) in [6.07, 6.45) is 9.97. The summed E-state index contributed by atoms with van der Waals surface area (Å²) in [5.74, 6) is 3.04. The van der Waals surface area contributed by atoms with Crippen molar-refractivity contribution in [3.05, 3.63) is 30.2 Å². The fraction of sp³-hybridized carbons (Fsp3) is 0.607. The van der Waals surface area contributed by atoms with E-state index in [9.17, 15) is 4.79 Å². The third-order valence-corrected chi connectivity index (χ3v) is 8.94. The van der Waals surface area contributed by atoms with Crippen LogP contribution in [0, 0.1) is 17.3 Å². The molecule has 7 rings (SSSR count). The number of aryl methyl sites for hydroxylation is 1. The summed E-state index contributed by atoms with van der Waals surface area (Å²) in [4.78, 5) is 31.5. The number of pyridine rings is 1. The number of alkyl carbamates (subject to hydrolysis) is 1. The number of nitrogens with one attached hydrogen (secondary N) is 2. The zero-order valence-electron chi connectivity index (χ0n) is 22.4. The first-order valence-corrected chi connectivity index (χ1v) is 14.0. The normalized spacial score (nSPS) is 25.8. The first-order valence-electron chi connectivity index (χ1n) is 14.0. The minimum atomic E-state index is -0.486. The number of carbonyl (C=O) groups is 1. The monoisotopic (exact) mass is 516 g/mol. The second kappa shape index (κ2) is 8.54. The average Bonchev–Trinajstić information content (AvgIpc) is 3.41. The first-order chi connectivity index (χ1) is 18.3. The third kappa shape index (κ3) is 4.05. The molecule has 3 fully saturated rings. The standard InChI is InChI=1S/C28H36N8O2/c1-27(2,3)38-26(37)32-23-18-14-17(18)15-28(23)8-12-35(13-9-28)21-16-30-22-24(31-21)33-34-25(22)36-11-5-6-19-20(36)7-4-10-29-19/h4,7,10,16-18,23H,5-6,8-9,11-15H2,1-3H3,(H,32,37)(H,31,33,34)/t17-,18+,23+/m0/s1. The lowest BCUT2D eigenvalue weighted by Gasteiger charge is -2.45. The number of aromatic nitrogens is 5. The predicted molar refractivity (Wildman–Crippen MR) is 144 cm³/mol. The van der Waals surface area contributed by atoms with Gasteiger partial charge in [-0.2, -0.15) is 5.10 Å². The van der Waals surface area contributed by atoms with Crippen molar-refractivity contribution in [2.24, 2.45) is 17.3 Å². The maximum absolute atomic E-state index is 12.6. The molecule has 3 aromatic rings. The Morgan fingerprint density at radius 2 is 2.05 bits per heavy atom. The van der Waals surface area contributed by atoms with Gasteiger partial charge in [-0.25, -0.2) is 14.8 Å². The van der Waals surface area contributed by atoms with E-state index in [-0.39, 0.29) is 17.6 Å². The van der Waals surface area contributed by atoms with Crippen molar-refractivity contribution in [2.45, 2.75) is 70.9 Å². The van der Waals surface area contributed by atoms with Gasteiger partial charge in [-0.05, 0) is 88.7 Å². The number of nitrogens with zero attached hydrogens (tertiary/aromatic N) is 6. The molecule has 2 N–H and O–H groups in total. The second-order valence-electron chi connectivity index (χ2n) is 12.5. The minimum Gasteiger partial charge on any atom is -0.444 e. The third-order valence-electron chi connectivity index (χ3n) is 8.94. The van der Waals surface area contributed by atoms with Gasteiger partial charge in [0, 0.05) is 31.9 Å². The predicted octanol–water partition coefficient (Wildman–Crippen LogP) is 4.35. The molecule has 3 aromatic heterocycles. The molecule has 0 radical (unpaired) electrons. The highest BCUT2D eigenvalue weighted by molar-refractivity contribution is 5.87. The Kier molecular flexibility index (Phi) is 5.32. The lowest BCUT2D eigenvalue weighted by atomic mass is 9.71. The number of H-pyrrole nitrogens is 1. The lowest BCUT2D eigenvalue weighted by molar-refractivity contribution is 0.0417. The Morgan fingerprint density at radius 1 is 1.21 bits per heavy atom. The van der Waals surface area contributed by atoms with E-state index in [0.29, 0.717) is 11.6 Å². The average molecular weight is 517 g/mol. The minimum absolute atomic E-state index is 0.148. The summed E-state index contributed by atoms with van der Waals surface area (Å²) in [6, 6.07) is 4.28. The van der Waals surface area contributed by atoms with Gasteiger partial charge in [0.15, 0.2) is 17.0 Å². The number of hydrogen-bond acceptors (Lipinski definition) is 8. The van der Waals surface area contributed by atoms with E-state index in [4.69, 9.17) is 14.7 Å². The zero-order chi connectivity index (χ0) is 26.1. The number of rotatable bonds is 3. The van der Waals surface area contributed by atoms with E-state index in [2.05, 4.69) is 36.4 Å². The van der Waals surface area contributed by atoms with Crippen molar-refractivity contribution in [1.82, 2.24) is 30.5 Å². The van der Waals surface area contributed by atoms with Crippen LogP contribution in [0.5, 0.6) is 0 Å². The van der Waals surface area contributed by atoms with Crippen LogP contribution in [0.4, 0.5) is 22.1 Å². The summed E-state index contributed by atoms with van der Waals surface area (Å²) < 4.78 is 5.60. The molecular formula is C28H36N8O2. The Morgan fingerprint density at radius 3 is 2.87 bits per heavy atom. The maximum Gasteiger partial charge on any atom is 0.407 e. The summed E-state index contributed by atoms with van der Waals surface area (Å²) in [5.41, 5.74) is 3.36. The highest BCUT2D eigenvalue weighted by Crippen LogP contribution is 2.63. The summed E-state index contributed by atoms with van der Waals surface area (Å²) in [5, 5.41) is 11.0. The molecule has 0 unspecified atom stereocenters. The van der Waals surface area contributed by atoms with Crippen molar-refractivity contribution in [1.29, 1.82) is 0 Å². The molecule has 2 saturated carbocycles. The molecule has 0 aromatic carbocycles. The highest BCUT2D eigenvalue weighted by atomic mass is 16.6. The molecule has 4 aliphatic rings. The van der Waals surface area contributed by atoms with E-state index in [1.54, 1.807) is 0 Å². The molecule has 200 valence electrons. The summed E-state index contributed by atoms with van der Waals surface area (Å²) >= 11 is 0.